The summed E-state index contributed by atoms with van der Waals surface area (Å²) >= 11 is 0. The van der Waals surface area contributed by atoms with Crippen molar-refractivity contribution < 1.29 is 9.18 Å². The molecule has 0 radical (unpaired) electrons. The van der Waals surface area contributed by atoms with Gasteiger partial charge in [0.15, 0.2) is 0 Å². The zero-order chi connectivity index (χ0) is 13.6. The Kier molecular flexibility index (Phi) is 2.24. The number of aromatic amines is 2. The predicted octanol–water partition coefficient (Wildman–Crippen LogP) is 0.280. The van der Waals surface area contributed by atoms with Crippen molar-refractivity contribution >= 4 is 16.9 Å². The first-order chi connectivity index (χ1) is 9.09. The number of halogens is 1. The number of amides is 1. The molecule has 96 valence electrons. The molecule has 0 aliphatic heterocycles. The van der Waals surface area contributed by atoms with Gasteiger partial charge in [-0.2, -0.15) is 5.10 Å². The smallest absolute Gasteiger partial charge is 0.331 e. The molecular weight excluding hydrogens is 253 g/mol. The topological polar surface area (TPSA) is 110 Å². The largest absolute Gasteiger partial charge is 0.364 e. The molecule has 0 saturated carbocycles. The van der Waals surface area contributed by atoms with Crippen LogP contribution in [0.5, 0.6) is 0 Å². The maximum absolute atomic E-state index is 13.6. The van der Waals surface area contributed by atoms with E-state index in [2.05, 4.69) is 15.2 Å². The lowest BCUT2D eigenvalue weighted by molar-refractivity contribution is 0.0995. The summed E-state index contributed by atoms with van der Waals surface area (Å²) in [5.41, 5.74) is 5.11. The molecule has 0 bridgehead atoms. The Hall–Kier alpha value is -2.90. The van der Waals surface area contributed by atoms with Crippen molar-refractivity contribution in [3.63, 3.8) is 0 Å². The summed E-state index contributed by atoms with van der Waals surface area (Å²) in [6.07, 6.45) is 1.28. The second-order valence-electron chi connectivity index (χ2n) is 3.89. The second kappa shape index (κ2) is 3.80. The van der Waals surface area contributed by atoms with Gasteiger partial charge in [0.2, 0.25) is 0 Å². The Morgan fingerprint density at radius 2 is 2.21 bits per heavy atom. The van der Waals surface area contributed by atoms with Crippen molar-refractivity contribution in [2.75, 3.05) is 0 Å². The zero-order valence-electron chi connectivity index (χ0n) is 9.48. The first kappa shape index (κ1) is 11.2. The van der Waals surface area contributed by atoms with Gasteiger partial charge < -0.3 is 10.7 Å². The monoisotopic (exact) mass is 261 g/mol. The Labute approximate surface area is 104 Å². The van der Waals surface area contributed by atoms with E-state index in [4.69, 9.17) is 5.73 Å². The van der Waals surface area contributed by atoms with Crippen LogP contribution in [0.1, 0.15) is 10.5 Å². The Balaban J connectivity index is 2.40. The highest BCUT2D eigenvalue weighted by molar-refractivity contribution is 5.95. The van der Waals surface area contributed by atoms with Crippen LogP contribution in [-0.2, 0) is 0 Å². The number of H-pyrrole nitrogens is 2. The maximum atomic E-state index is 13.6. The summed E-state index contributed by atoms with van der Waals surface area (Å²) in [5.74, 6) is -1.32. The molecule has 19 heavy (non-hydrogen) atoms. The van der Waals surface area contributed by atoms with E-state index in [1.54, 1.807) is 6.07 Å². The highest BCUT2D eigenvalue weighted by atomic mass is 19.1. The fraction of sp³-hybridized carbons (Fsp3) is 0. The van der Waals surface area contributed by atoms with Crippen LogP contribution in [-0.4, -0.2) is 25.7 Å². The van der Waals surface area contributed by atoms with Gasteiger partial charge in [0.05, 0.1) is 11.7 Å². The van der Waals surface area contributed by atoms with Crippen LogP contribution in [0.2, 0.25) is 0 Å². The third-order valence-electron chi connectivity index (χ3n) is 2.77. The summed E-state index contributed by atoms with van der Waals surface area (Å²) in [7, 11) is 0. The van der Waals surface area contributed by atoms with E-state index in [9.17, 15) is 14.0 Å². The number of nitrogens with two attached hydrogens (primary N) is 1. The molecule has 0 aliphatic carbocycles. The maximum Gasteiger partial charge on any atom is 0.331 e. The number of benzene rings is 1. The molecule has 1 aromatic carbocycles. The number of rotatable bonds is 2. The second-order valence-corrected chi connectivity index (χ2v) is 3.89. The van der Waals surface area contributed by atoms with Crippen molar-refractivity contribution in [1.82, 2.24) is 19.7 Å². The van der Waals surface area contributed by atoms with E-state index in [1.165, 1.54) is 18.3 Å². The van der Waals surface area contributed by atoms with Gasteiger partial charge in [0.1, 0.15) is 22.7 Å². The Morgan fingerprint density at radius 1 is 1.42 bits per heavy atom. The molecule has 2 aromatic heterocycles. The van der Waals surface area contributed by atoms with Gasteiger partial charge in [0.25, 0.3) is 5.91 Å². The van der Waals surface area contributed by atoms with Gasteiger partial charge in [0, 0.05) is 0 Å². The van der Waals surface area contributed by atoms with Crippen LogP contribution < -0.4 is 11.4 Å². The number of nitrogens with one attached hydrogen (secondary N) is 2. The summed E-state index contributed by atoms with van der Waals surface area (Å²) in [5, 5.41) is 6.08. The molecule has 8 heteroatoms. The molecular formula is C11H8FN5O2. The number of fused-ring (bicyclic) bond motifs is 1. The van der Waals surface area contributed by atoms with Crippen molar-refractivity contribution in [3.05, 3.63) is 46.4 Å². The number of nitrogens with zero attached hydrogens (tertiary/aromatic N) is 2. The summed E-state index contributed by atoms with van der Waals surface area (Å²) in [6.45, 7) is 0. The molecule has 0 aliphatic rings. The molecule has 0 saturated heterocycles. The lowest BCUT2D eigenvalue weighted by Gasteiger charge is -2.01. The molecule has 1 amide bonds. The number of carbonyl (C=O) groups excluding carboxylic acids is 1. The van der Waals surface area contributed by atoms with E-state index >= 15 is 0 Å². The van der Waals surface area contributed by atoms with Gasteiger partial charge in [-0.25, -0.2) is 9.18 Å². The summed E-state index contributed by atoms with van der Waals surface area (Å²) in [6, 6.07) is 4.24. The minimum atomic E-state index is -0.759. The molecule has 2 heterocycles. The van der Waals surface area contributed by atoms with Crippen molar-refractivity contribution in [2.45, 2.75) is 0 Å². The number of carbonyl (C=O) groups is 1. The van der Waals surface area contributed by atoms with E-state index < -0.39 is 17.4 Å². The standard InChI is InChI=1S/C11H8FN5O2/c12-5-2-1-3-6-8(5)15-11(19)17(6)7-4-14-16-9(7)10(13)18/h1-4H,(H2,13,18)(H,14,16)(H,15,19). The van der Waals surface area contributed by atoms with Crippen LogP contribution in [0, 0.1) is 5.82 Å². The number of imidazole rings is 1. The molecule has 0 spiro atoms. The highest BCUT2D eigenvalue weighted by Gasteiger charge is 2.18. The van der Waals surface area contributed by atoms with E-state index in [0.29, 0.717) is 5.52 Å². The summed E-state index contributed by atoms with van der Waals surface area (Å²) < 4.78 is 14.7. The molecule has 3 rings (SSSR count). The van der Waals surface area contributed by atoms with E-state index in [1.807, 2.05) is 0 Å². The van der Waals surface area contributed by atoms with Crippen molar-refractivity contribution in [2.24, 2.45) is 5.73 Å². The highest BCUT2D eigenvalue weighted by Crippen LogP contribution is 2.19. The minimum absolute atomic E-state index is 0.0211. The van der Waals surface area contributed by atoms with Crippen molar-refractivity contribution in [1.29, 1.82) is 0 Å². The van der Waals surface area contributed by atoms with Gasteiger partial charge in [-0.15, -0.1) is 0 Å². The molecule has 7 nitrogen and oxygen atoms in total. The third-order valence-corrected chi connectivity index (χ3v) is 2.77. The lowest BCUT2D eigenvalue weighted by Crippen LogP contribution is -2.20. The third kappa shape index (κ3) is 1.53. The van der Waals surface area contributed by atoms with Crippen LogP contribution >= 0.6 is 0 Å². The van der Waals surface area contributed by atoms with Crippen LogP contribution in [0.4, 0.5) is 4.39 Å². The first-order valence-corrected chi connectivity index (χ1v) is 5.32. The zero-order valence-corrected chi connectivity index (χ0v) is 9.48. The SMILES string of the molecule is NC(=O)c1[nH]ncc1-n1c(=O)[nH]c2c(F)cccc21. The number of hydrogen-bond donors (Lipinski definition) is 3. The fourth-order valence-electron chi connectivity index (χ4n) is 1.96. The average Bonchev–Trinajstić information content (AvgIpc) is 2.93. The fourth-order valence-corrected chi connectivity index (χ4v) is 1.96. The lowest BCUT2D eigenvalue weighted by atomic mass is 10.3. The minimum Gasteiger partial charge on any atom is -0.364 e. The number of primary amides is 1. The quantitative estimate of drug-likeness (QED) is 0.616. The average molecular weight is 261 g/mol. The Morgan fingerprint density at radius 3 is 2.95 bits per heavy atom. The molecule has 0 fully saturated rings. The van der Waals surface area contributed by atoms with Gasteiger partial charge in [-0.3, -0.25) is 14.5 Å². The van der Waals surface area contributed by atoms with E-state index in [0.717, 1.165) is 4.57 Å². The Bertz CT molecular complexity index is 844. The number of para-hydroxylation sites is 1. The van der Waals surface area contributed by atoms with Gasteiger partial charge in [-0.1, -0.05) is 6.07 Å². The number of aromatic nitrogens is 4. The molecule has 0 atom stereocenters. The summed E-state index contributed by atoms with van der Waals surface area (Å²) in [4.78, 5) is 25.5. The van der Waals surface area contributed by atoms with Crippen LogP contribution in [0.25, 0.3) is 16.7 Å². The van der Waals surface area contributed by atoms with Crippen molar-refractivity contribution in [3.8, 4) is 5.69 Å². The first-order valence-electron chi connectivity index (χ1n) is 5.32. The normalized spacial score (nSPS) is 11.0. The molecule has 4 N–H and O–H groups in total. The van der Waals surface area contributed by atoms with E-state index in [-0.39, 0.29) is 16.9 Å². The molecule has 0 unspecified atom stereocenters. The van der Waals surface area contributed by atoms with Crippen LogP contribution in [0.3, 0.4) is 0 Å². The van der Waals surface area contributed by atoms with Crippen LogP contribution in [0.15, 0.2) is 29.2 Å². The predicted molar refractivity (Wildman–Crippen MR) is 64.5 cm³/mol. The van der Waals surface area contributed by atoms with Gasteiger partial charge in [-0.05, 0) is 12.1 Å². The molecule has 3 aromatic rings. The number of hydrogen-bond acceptors (Lipinski definition) is 3. The van der Waals surface area contributed by atoms with Gasteiger partial charge >= 0.3 is 5.69 Å².